The molecule has 0 amide bonds. The van der Waals surface area contributed by atoms with Gasteiger partial charge in [-0.25, -0.2) is 0 Å². The van der Waals surface area contributed by atoms with Crippen LogP contribution in [0.2, 0.25) is 0 Å². The van der Waals surface area contributed by atoms with Crippen LogP contribution in [0.25, 0.3) is 5.76 Å². The van der Waals surface area contributed by atoms with Gasteiger partial charge in [0.1, 0.15) is 11.5 Å². The predicted molar refractivity (Wildman–Crippen MR) is 183 cm³/mol. The normalized spacial score (nSPS) is 11.0. The van der Waals surface area contributed by atoms with Gasteiger partial charge in [-0.2, -0.15) is 0 Å². The molecule has 242 valence electrons. The highest BCUT2D eigenvalue weighted by atomic mass is 16.5. The average molecular weight is 595 g/mol. The van der Waals surface area contributed by atoms with Gasteiger partial charge in [0.15, 0.2) is 0 Å². The maximum Gasteiger partial charge on any atom is 0.319 e. The fourth-order valence-electron chi connectivity index (χ4n) is 5.57. The first kappa shape index (κ1) is 36.6. The minimum Gasteiger partial charge on any atom is -0.486 e. The Morgan fingerprint density at radius 3 is 1.53 bits per heavy atom. The second-order valence-electron chi connectivity index (χ2n) is 12.2. The zero-order valence-corrected chi connectivity index (χ0v) is 27.8. The van der Waals surface area contributed by atoms with E-state index >= 15 is 0 Å². The van der Waals surface area contributed by atoms with Gasteiger partial charge in [0.05, 0.1) is 12.2 Å². The third kappa shape index (κ3) is 16.1. The summed E-state index contributed by atoms with van der Waals surface area (Å²) in [6, 6.07) is 14.4. The first-order valence-corrected chi connectivity index (χ1v) is 17.7. The summed E-state index contributed by atoms with van der Waals surface area (Å²) >= 11 is 0. The van der Waals surface area contributed by atoms with E-state index in [0.717, 1.165) is 49.8 Å². The summed E-state index contributed by atoms with van der Waals surface area (Å²) in [5.41, 5.74) is 3.08. The van der Waals surface area contributed by atoms with Crippen molar-refractivity contribution in [3.8, 4) is 11.5 Å². The molecule has 0 aliphatic rings. The molecule has 0 spiro atoms. The first-order chi connectivity index (χ1) is 21.1. The van der Waals surface area contributed by atoms with Crippen molar-refractivity contribution in [1.82, 2.24) is 0 Å². The van der Waals surface area contributed by atoms with Crippen molar-refractivity contribution in [3.05, 3.63) is 65.1 Å². The molecule has 0 bridgehead atoms. The Bertz CT molecular complexity index is 991. The van der Waals surface area contributed by atoms with Crippen molar-refractivity contribution in [3.63, 3.8) is 0 Å². The largest absolute Gasteiger partial charge is 0.486 e. The summed E-state index contributed by atoms with van der Waals surface area (Å²) in [6.07, 6.45) is 25.9. The lowest BCUT2D eigenvalue weighted by molar-refractivity contribution is 0.161. The number of aliphatic hydroxyl groups is 2. The molecule has 4 nitrogen and oxygen atoms in total. The van der Waals surface area contributed by atoms with Crippen LogP contribution >= 0.6 is 0 Å². The molecule has 2 N–H and O–H groups in total. The fraction of sp³-hybridized carbons (Fsp3) is 0.641. The molecule has 0 aliphatic carbocycles. The highest BCUT2D eigenvalue weighted by Crippen LogP contribution is 2.34. The van der Waals surface area contributed by atoms with Crippen molar-refractivity contribution < 1.29 is 19.7 Å². The van der Waals surface area contributed by atoms with E-state index in [1.54, 1.807) is 0 Å². The van der Waals surface area contributed by atoms with Crippen LogP contribution in [0.4, 0.5) is 0 Å². The van der Waals surface area contributed by atoms with Crippen molar-refractivity contribution in [1.29, 1.82) is 0 Å². The second-order valence-corrected chi connectivity index (χ2v) is 12.2. The quantitative estimate of drug-likeness (QED) is 0.0840. The number of ether oxygens (including phenoxy) is 2. The monoisotopic (exact) mass is 594 g/mol. The molecule has 0 fully saturated rings. The highest BCUT2D eigenvalue weighted by Gasteiger charge is 2.18. The Kier molecular flexibility index (Phi) is 20.2. The lowest BCUT2D eigenvalue weighted by atomic mass is 10.0. The zero-order valence-electron chi connectivity index (χ0n) is 27.8. The highest BCUT2D eigenvalue weighted by molar-refractivity contribution is 5.67. The molecule has 0 aliphatic heterocycles. The number of hydrogen-bond donors (Lipinski definition) is 2. The second kappa shape index (κ2) is 23.8. The number of hydrogen-bond acceptors (Lipinski definition) is 4. The standard InChI is InChI=1S/C39H62O4/c1-4-7-10-12-14-16-18-20-23-33-25-28-35(29-26-33)43-37-30-27-34(24-21-19-17-15-13-11-8-5-2)32-36(37)38(39(40)41)42-31-22-9-6-3/h25-30,32,40-41H,4-24,31H2,1-3H3. The minimum absolute atomic E-state index is 0.0928. The summed E-state index contributed by atoms with van der Waals surface area (Å²) in [7, 11) is 0. The van der Waals surface area contributed by atoms with E-state index < -0.39 is 5.95 Å². The van der Waals surface area contributed by atoms with Crippen LogP contribution in [-0.2, 0) is 17.6 Å². The van der Waals surface area contributed by atoms with Crippen molar-refractivity contribution in [2.24, 2.45) is 0 Å². The maximum absolute atomic E-state index is 10.2. The number of benzene rings is 2. The Hall–Kier alpha value is -2.62. The fourth-order valence-corrected chi connectivity index (χ4v) is 5.57. The number of unbranched alkanes of at least 4 members (excludes halogenated alkanes) is 16. The van der Waals surface area contributed by atoms with E-state index in [4.69, 9.17) is 9.47 Å². The Morgan fingerprint density at radius 2 is 1.00 bits per heavy atom. The van der Waals surface area contributed by atoms with Crippen LogP contribution in [0.15, 0.2) is 48.4 Å². The molecule has 2 aromatic carbocycles. The smallest absolute Gasteiger partial charge is 0.319 e. The molecule has 4 heteroatoms. The topological polar surface area (TPSA) is 58.9 Å². The van der Waals surface area contributed by atoms with Crippen LogP contribution in [0.1, 0.15) is 159 Å². The van der Waals surface area contributed by atoms with Gasteiger partial charge in [-0.1, -0.05) is 142 Å². The van der Waals surface area contributed by atoms with Gasteiger partial charge < -0.3 is 19.7 Å². The van der Waals surface area contributed by atoms with E-state index in [2.05, 4.69) is 39.0 Å². The van der Waals surface area contributed by atoms with Gasteiger partial charge in [-0.15, -0.1) is 0 Å². The van der Waals surface area contributed by atoms with E-state index in [9.17, 15) is 10.2 Å². The van der Waals surface area contributed by atoms with E-state index in [1.165, 1.54) is 102 Å². The number of aliphatic hydroxyl groups excluding tert-OH is 1. The lowest BCUT2D eigenvalue weighted by Crippen LogP contribution is -2.02. The minimum atomic E-state index is -0.800. The van der Waals surface area contributed by atoms with Gasteiger partial charge in [0, 0.05) is 0 Å². The molecule has 0 aromatic heterocycles. The van der Waals surface area contributed by atoms with Gasteiger partial charge in [0.25, 0.3) is 0 Å². The SMILES string of the molecule is CCCCCCCCCCc1ccc(Oc2ccc(CCCCCCCCCC)cc2C(OCCCCC)=C(O)O)cc1. The van der Waals surface area contributed by atoms with Crippen molar-refractivity contribution >= 4 is 5.76 Å². The molecule has 2 rings (SSSR count). The summed E-state index contributed by atoms with van der Waals surface area (Å²) in [4.78, 5) is 0. The van der Waals surface area contributed by atoms with Crippen LogP contribution in [0.3, 0.4) is 0 Å². The van der Waals surface area contributed by atoms with E-state index in [0.29, 0.717) is 17.9 Å². The predicted octanol–water partition coefficient (Wildman–Crippen LogP) is 12.8. The maximum atomic E-state index is 10.2. The van der Waals surface area contributed by atoms with Crippen molar-refractivity contribution in [2.75, 3.05) is 6.61 Å². The van der Waals surface area contributed by atoms with Crippen LogP contribution in [0, 0.1) is 0 Å². The third-order valence-electron chi connectivity index (χ3n) is 8.28. The Balaban J connectivity index is 2.01. The third-order valence-corrected chi connectivity index (χ3v) is 8.28. The van der Waals surface area contributed by atoms with Gasteiger partial charge >= 0.3 is 5.95 Å². The summed E-state index contributed by atoms with van der Waals surface area (Å²) < 4.78 is 12.2. The molecule has 0 atom stereocenters. The van der Waals surface area contributed by atoms with E-state index in [-0.39, 0.29) is 5.76 Å². The van der Waals surface area contributed by atoms with Gasteiger partial charge in [-0.05, 0) is 67.5 Å². The molecule has 2 aromatic rings. The number of aryl methyl sites for hydroxylation is 2. The molecule has 0 unspecified atom stereocenters. The summed E-state index contributed by atoms with van der Waals surface area (Å²) in [6.45, 7) is 7.10. The summed E-state index contributed by atoms with van der Waals surface area (Å²) in [5.74, 6) is 0.600. The van der Waals surface area contributed by atoms with Crippen LogP contribution in [-0.4, -0.2) is 16.8 Å². The molecule has 0 saturated heterocycles. The summed E-state index contributed by atoms with van der Waals surface area (Å²) in [5, 5.41) is 20.4. The molecule has 0 saturated carbocycles. The molecular weight excluding hydrogens is 532 g/mol. The van der Waals surface area contributed by atoms with Crippen molar-refractivity contribution in [2.45, 2.75) is 156 Å². The number of rotatable bonds is 26. The average Bonchev–Trinajstić information content (AvgIpc) is 3.01. The zero-order chi connectivity index (χ0) is 31.0. The molecule has 0 heterocycles. The first-order valence-electron chi connectivity index (χ1n) is 17.7. The molecular formula is C39H62O4. The van der Waals surface area contributed by atoms with Crippen LogP contribution < -0.4 is 4.74 Å². The lowest BCUT2D eigenvalue weighted by Gasteiger charge is -2.17. The van der Waals surface area contributed by atoms with Gasteiger partial charge in [-0.3, -0.25) is 0 Å². The van der Waals surface area contributed by atoms with E-state index in [1.807, 2.05) is 24.3 Å². The Morgan fingerprint density at radius 1 is 0.535 bits per heavy atom. The Labute approximate surface area is 263 Å². The van der Waals surface area contributed by atoms with Gasteiger partial charge in [0.2, 0.25) is 5.76 Å². The molecule has 0 radical (unpaired) electrons. The van der Waals surface area contributed by atoms with Crippen LogP contribution in [0.5, 0.6) is 11.5 Å². The molecule has 43 heavy (non-hydrogen) atoms.